The minimum atomic E-state index is -0.442. The van der Waals surface area contributed by atoms with E-state index in [4.69, 9.17) is 0 Å². The van der Waals surface area contributed by atoms with E-state index in [2.05, 4.69) is 29.0 Å². The molecular weight excluding hydrogens is 292 g/mol. The van der Waals surface area contributed by atoms with Crippen molar-refractivity contribution in [2.24, 2.45) is 0 Å². The van der Waals surface area contributed by atoms with Gasteiger partial charge in [-0.2, -0.15) is 0 Å². The van der Waals surface area contributed by atoms with Crippen molar-refractivity contribution in [2.45, 2.75) is 27.3 Å². The fourth-order valence-electron chi connectivity index (χ4n) is 1.98. The summed E-state index contributed by atoms with van der Waals surface area (Å²) in [6.45, 7) is 7.92. The summed E-state index contributed by atoms with van der Waals surface area (Å²) < 4.78 is 27.2. The number of benzene rings is 1. The number of aryl methyl sites for hydroxylation is 1. The van der Waals surface area contributed by atoms with E-state index in [0.717, 1.165) is 23.1 Å². The van der Waals surface area contributed by atoms with Crippen LogP contribution in [0.5, 0.6) is 0 Å². The van der Waals surface area contributed by atoms with Crippen LogP contribution in [-0.2, 0) is 6.54 Å². The summed E-state index contributed by atoms with van der Waals surface area (Å²) in [7, 11) is 0. The topological polar surface area (TPSA) is 28.2 Å². The predicted molar refractivity (Wildman–Crippen MR) is 84.1 cm³/mol. The van der Waals surface area contributed by atoms with Crippen molar-refractivity contribution in [1.82, 2.24) is 4.98 Å². The molecule has 0 aliphatic carbocycles. The van der Waals surface area contributed by atoms with Crippen LogP contribution >= 0.6 is 11.3 Å². The van der Waals surface area contributed by atoms with E-state index < -0.39 is 11.6 Å². The molecule has 0 aliphatic heterocycles. The number of hydrogen-bond acceptors (Lipinski definition) is 4. The van der Waals surface area contributed by atoms with E-state index in [1.165, 1.54) is 12.1 Å². The lowest BCUT2D eigenvalue weighted by atomic mass is 10.2. The third-order valence-electron chi connectivity index (χ3n) is 3.28. The Bertz CT molecular complexity index is 609. The zero-order valence-corrected chi connectivity index (χ0v) is 13.2. The van der Waals surface area contributed by atoms with Crippen molar-refractivity contribution in [3.05, 3.63) is 40.4 Å². The fraction of sp³-hybridized carbons (Fsp3) is 0.400. The van der Waals surface area contributed by atoms with Crippen LogP contribution in [0, 0.1) is 18.6 Å². The summed E-state index contributed by atoms with van der Waals surface area (Å²) in [5.41, 5.74) is 0.482. The molecule has 0 radical (unpaired) electrons. The van der Waals surface area contributed by atoms with Crippen LogP contribution in [0.1, 0.15) is 24.3 Å². The van der Waals surface area contributed by atoms with Crippen LogP contribution in [0.3, 0.4) is 0 Å². The fourth-order valence-corrected chi connectivity index (χ4v) is 2.96. The quantitative estimate of drug-likeness (QED) is 0.867. The summed E-state index contributed by atoms with van der Waals surface area (Å²) in [5, 5.41) is 3.87. The Hall–Kier alpha value is -1.69. The second kappa shape index (κ2) is 6.85. The first kappa shape index (κ1) is 15.7. The van der Waals surface area contributed by atoms with Crippen LogP contribution in [0.15, 0.2) is 18.3 Å². The third kappa shape index (κ3) is 3.69. The molecule has 0 amide bonds. The Morgan fingerprint density at radius 2 is 1.90 bits per heavy atom. The smallest absolute Gasteiger partial charge is 0.185 e. The number of hydrogen-bond donors (Lipinski definition) is 1. The number of aromatic nitrogens is 1. The Kier molecular flexibility index (Phi) is 5.12. The molecule has 0 bridgehead atoms. The number of anilines is 2. The van der Waals surface area contributed by atoms with Gasteiger partial charge in [0.25, 0.3) is 0 Å². The summed E-state index contributed by atoms with van der Waals surface area (Å²) in [5.74, 6) is -0.852. The molecule has 1 N–H and O–H groups in total. The highest BCUT2D eigenvalue weighted by molar-refractivity contribution is 7.15. The highest BCUT2D eigenvalue weighted by Crippen LogP contribution is 2.24. The lowest BCUT2D eigenvalue weighted by Gasteiger charge is -2.16. The maximum absolute atomic E-state index is 13.7. The molecular formula is C15H19F2N3S. The number of nitrogens with one attached hydrogen (secondary N) is 1. The van der Waals surface area contributed by atoms with Crippen molar-refractivity contribution in [1.29, 1.82) is 0 Å². The van der Waals surface area contributed by atoms with Crippen LogP contribution in [0.2, 0.25) is 0 Å². The van der Waals surface area contributed by atoms with Gasteiger partial charge in [-0.25, -0.2) is 13.8 Å². The normalized spacial score (nSPS) is 10.7. The monoisotopic (exact) mass is 311 g/mol. The van der Waals surface area contributed by atoms with Crippen molar-refractivity contribution in [2.75, 3.05) is 23.3 Å². The van der Waals surface area contributed by atoms with Crippen molar-refractivity contribution in [3.8, 4) is 0 Å². The maximum Gasteiger partial charge on any atom is 0.185 e. The van der Waals surface area contributed by atoms with E-state index >= 15 is 0 Å². The molecule has 0 fully saturated rings. The molecule has 3 nitrogen and oxygen atoms in total. The van der Waals surface area contributed by atoms with Gasteiger partial charge in [0, 0.05) is 30.2 Å². The third-order valence-corrected chi connectivity index (χ3v) is 4.33. The van der Waals surface area contributed by atoms with E-state index in [9.17, 15) is 8.78 Å². The number of rotatable bonds is 6. The van der Waals surface area contributed by atoms with Crippen LogP contribution in [-0.4, -0.2) is 18.1 Å². The molecule has 0 aliphatic rings. The zero-order valence-electron chi connectivity index (χ0n) is 12.4. The molecule has 2 rings (SSSR count). The molecule has 0 spiro atoms. The van der Waals surface area contributed by atoms with Gasteiger partial charge in [0.05, 0.1) is 12.2 Å². The van der Waals surface area contributed by atoms with Gasteiger partial charge in [-0.1, -0.05) is 0 Å². The second-order valence-electron chi connectivity index (χ2n) is 4.72. The first-order valence-electron chi connectivity index (χ1n) is 6.94. The Morgan fingerprint density at radius 1 is 1.19 bits per heavy atom. The number of halogens is 2. The van der Waals surface area contributed by atoms with Crippen LogP contribution in [0.25, 0.3) is 0 Å². The average molecular weight is 311 g/mol. The molecule has 1 aromatic heterocycles. The Balaban J connectivity index is 2.05. The van der Waals surface area contributed by atoms with Crippen LogP contribution in [0.4, 0.5) is 19.6 Å². The van der Waals surface area contributed by atoms with Crippen LogP contribution < -0.4 is 10.2 Å². The lowest BCUT2D eigenvalue weighted by molar-refractivity contribution is 0.594. The summed E-state index contributed by atoms with van der Waals surface area (Å²) in [4.78, 5) is 7.50. The van der Waals surface area contributed by atoms with E-state index in [-0.39, 0.29) is 5.69 Å². The highest BCUT2D eigenvalue weighted by atomic mass is 32.1. The van der Waals surface area contributed by atoms with Crippen molar-refractivity contribution in [3.63, 3.8) is 0 Å². The minimum Gasteiger partial charge on any atom is -0.378 e. The molecule has 2 aromatic rings. The van der Waals surface area contributed by atoms with E-state index in [1.807, 2.05) is 0 Å². The molecule has 1 aromatic carbocycles. The minimum absolute atomic E-state index is 0.177. The first-order chi connectivity index (χ1) is 10.0. The standard InChI is InChI=1S/C15H19F2N3S/c1-4-20(5-2)15-19-9-11(21-15)8-18-14-7-12(16)10(3)6-13(14)17/h6-7,9,18H,4-5,8H2,1-3H3. The maximum atomic E-state index is 13.7. The average Bonchev–Trinajstić information content (AvgIpc) is 2.91. The van der Waals surface area contributed by atoms with Gasteiger partial charge in [0.15, 0.2) is 5.13 Å². The Labute approximate surface area is 127 Å². The molecule has 114 valence electrons. The van der Waals surface area contributed by atoms with Gasteiger partial charge in [0.1, 0.15) is 11.6 Å². The van der Waals surface area contributed by atoms with Gasteiger partial charge in [-0.3, -0.25) is 0 Å². The number of thiazole rings is 1. The van der Waals surface area contributed by atoms with Crippen molar-refractivity contribution < 1.29 is 8.78 Å². The molecule has 0 unspecified atom stereocenters. The van der Waals surface area contributed by atoms with Gasteiger partial charge in [0.2, 0.25) is 0 Å². The second-order valence-corrected chi connectivity index (χ2v) is 5.81. The molecule has 21 heavy (non-hydrogen) atoms. The van der Waals surface area contributed by atoms with Gasteiger partial charge in [-0.15, -0.1) is 11.3 Å². The zero-order chi connectivity index (χ0) is 15.4. The molecule has 0 saturated carbocycles. The molecule has 6 heteroatoms. The van der Waals surface area contributed by atoms with Crippen molar-refractivity contribution >= 4 is 22.2 Å². The van der Waals surface area contributed by atoms with E-state index in [1.54, 1.807) is 24.5 Å². The molecule has 1 heterocycles. The first-order valence-corrected chi connectivity index (χ1v) is 7.76. The summed E-state index contributed by atoms with van der Waals surface area (Å²) in [6, 6.07) is 2.39. The van der Waals surface area contributed by atoms with E-state index in [0.29, 0.717) is 12.1 Å². The van der Waals surface area contributed by atoms with Gasteiger partial charge >= 0.3 is 0 Å². The SMILES string of the molecule is CCN(CC)c1ncc(CNc2cc(F)c(C)cc2F)s1. The van der Waals surface area contributed by atoms with Gasteiger partial charge < -0.3 is 10.2 Å². The van der Waals surface area contributed by atoms with Gasteiger partial charge in [-0.05, 0) is 32.4 Å². The summed E-state index contributed by atoms with van der Waals surface area (Å²) in [6.07, 6.45) is 1.77. The lowest BCUT2D eigenvalue weighted by Crippen LogP contribution is -2.21. The molecule has 0 saturated heterocycles. The predicted octanol–water partition coefficient (Wildman–Crippen LogP) is 4.19. The molecule has 0 atom stereocenters. The number of nitrogens with zero attached hydrogens (tertiary/aromatic N) is 2. The summed E-state index contributed by atoms with van der Waals surface area (Å²) >= 11 is 1.56. The Morgan fingerprint density at radius 3 is 2.57 bits per heavy atom. The largest absolute Gasteiger partial charge is 0.378 e. The highest BCUT2D eigenvalue weighted by Gasteiger charge is 2.10.